The van der Waals surface area contributed by atoms with Crippen LogP contribution >= 0.6 is 0 Å². The number of amides is 5. The van der Waals surface area contributed by atoms with Crippen molar-refractivity contribution in [1.82, 2.24) is 31.2 Å². The average molecular weight is 715 g/mol. The molecule has 3 aliphatic rings. The van der Waals surface area contributed by atoms with Gasteiger partial charge in [-0.25, -0.2) is 18.2 Å². The number of hydrogen-bond donors (Lipinski definition) is 4. The normalized spacial score (nSPS) is 23.4. The van der Waals surface area contributed by atoms with Crippen molar-refractivity contribution in [2.24, 2.45) is 22.7 Å². The number of likely N-dealkylation sites (tertiary alicyclic amines) is 1. The van der Waals surface area contributed by atoms with Crippen LogP contribution in [-0.4, -0.2) is 90.3 Å². The molecule has 4 N–H and O–H groups in total. The molecule has 1 aromatic heterocycles. The first kappa shape index (κ1) is 39.0. The molecule has 14 heteroatoms. The Morgan fingerprint density at radius 1 is 1.08 bits per heavy atom. The van der Waals surface area contributed by atoms with Gasteiger partial charge in [-0.2, -0.15) is 0 Å². The van der Waals surface area contributed by atoms with Gasteiger partial charge in [0.05, 0.1) is 17.3 Å². The number of fused-ring (bicyclic) bond motifs is 1. The van der Waals surface area contributed by atoms with Gasteiger partial charge in [-0.3, -0.25) is 19.2 Å². The summed E-state index contributed by atoms with van der Waals surface area (Å²) in [5, 5.41) is 11.0. The van der Waals surface area contributed by atoms with Gasteiger partial charge in [0, 0.05) is 19.3 Å². The van der Waals surface area contributed by atoms with E-state index in [0.29, 0.717) is 25.8 Å². The average Bonchev–Trinajstić information content (AvgIpc) is 3.36. The van der Waals surface area contributed by atoms with Crippen molar-refractivity contribution in [3.63, 3.8) is 0 Å². The summed E-state index contributed by atoms with van der Waals surface area (Å²) < 4.78 is 26.8. The molecule has 276 valence electrons. The van der Waals surface area contributed by atoms with E-state index in [4.69, 9.17) is 0 Å². The number of carbonyl (C=O) groups excluding carboxylic acids is 5. The third-order valence-electron chi connectivity index (χ3n) is 10.6. The standard InChI is InChI=1S/C36H54N6O7S/c1-8-15-24(28(43)31(45)38-19-9-2)39-30(44)27-26-23(35(26,6)7)21-42(27)32(46)29(34(3,4)5)40-33(47)41-36(17-12-10-13-18-36)22-50(48,49)25-16-11-14-20-37-25/h9,11,14,16,20,23-24,26-27,29H,2,8,10,12-13,15,17-19,21-22H2,1,3-7H3,(H,38,45)(H,39,44)(H2,40,41,47)/t23-,24?,26-,27-,29+/m0/s1. The maximum absolute atomic E-state index is 14.4. The van der Waals surface area contributed by atoms with Crippen LogP contribution < -0.4 is 21.3 Å². The fourth-order valence-corrected chi connectivity index (χ4v) is 9.51. The Morgan fingerprint density at radius 2 is 1.76 bits per heavy atom. The quantitative estimate of drug-likeness (QED) is 0.168. The van der Waals surface area contributed by atoms with Crippen LogP contribution in [0.3, 0.4) is 0 Å². The van der Waals surface area contributed by atoms with E-state index < -0.39 is 68.5 Å². The first-order valence-corrected chi connectivity index (χ1v) is 19.3. The second-order valence-electron chi connectivity index (χ2n) is 15.8. The lowest BCUT2D eigenvalue weighted by atomic mass is 9.83. The van der Waals surface area contributed by atoms with Crippen LogP contribution in [-0.2, 0) is 29.0 Å². The highest BCUT2D eigenvalue weighted by molar-refractivity contribution is 7.91. The number of rotatable bonds is 14. The van der Waals surface area contributed by atoms with Gasteiger partial charge in [-0.05, 0) is 54.1 Å². The van der Waals surface area contributed by atoms with Gasteiger partial charge in [-0.1, -0.05) is 79.4 Å². The molecular formula is C36H54N6O7S. The van der Waals surface area contributed by atoms with E-state index in [-0.39, 0.29) is 41.0 Å². The minimum absolute atomic E-state index is 0.0372. The lowest BCUT2D eigenvalue weighted by Crippen LogP contribution is -2.63. The summed E-state index contributed by atoms with van der Waals surface area (Å²) in [6.45, 7) is 15.3. The third kappa shape index (κ3) is 8.55. The summed E-state index contributed by atoms with van der Waals surface area (Å²) in [6.07, 6.45) is 6.95. The maximum Gasteiger partial charge on any atom is 0.315 e. The molecule has 2 aliphatic carbocycles. The molecule has 0 aromatic carbocycles. The Bertz CT molecular complexity index is 1570. The molecule has 1 unspecified atom stereocenters. The summed E-state index contributed by atoms with van der Waals surface area (Å²) >= 11 is 0. The zero-order chi connectivity index (χ0) is 37.1. The van der Waals surface area contributed by atoms with Crippen LogP contribution in [0.25, 0.3) is 0 Å². The molecule has 2 heterocycles. The summed E-state index contributed by atoms with van der Waals surface area (Å²) in [4.78, 5) is 73.2. The van der Waals surface area contributed by atoms with Crippen molar-refractivity contribution < 1.29 is 32.4 Å². The third-order valence-corrected chi connectivity index (χ3v) is 12.4. The fraction of sp³-hybridized carbons (Fsp3) is 0.667. The van der Waals surface area contributed by atoms with Gasteiger partial charge in [-0.15, -0.1) is 6.58 Å². The monoisotopic (exact) mass is 714 g/mol. The fourth-order valence-electron chi connectivity index (χ4n) is 7.76. The number of Topliss-reactive ketones (excluding diaryl/α,β-unsaturated/α-hetero) is 1. The van der Waals surface area contributed by atoms with Gasteiger partial charge in [0.2, 0.25) is 17.6 Å². The van der Waals surface area contributed by atoms with E-state index in [1.54, 1.807) is 12.1 Å². The van der Waals surface area contributed by atoms with Gasteiger partial charge < -0.3 is 26.2 Å². The number of piperidine rings is 1. The molecule has 0 bridgehead atoms. The van der Waals surface area contributed by atoms with E-state index in [9.17, 15) is 32.4 Å². The number of sulfone groups is 1. The smallest absolute Gasteiger partial charge is 0.315 e. The van der Waals surface area contributed by atoms with E-state index in [0.717, 1.165) is 19.3 Å². The van der Waals surface area contributed by atoms with Crippen molar-refractivity contribution in [1.29, 1.82) is 0 Å². The molecule has 50 heavy (non-hydrogen) atoms. The minimum Gasteiger partial charge on any atom is -0.346 e. The van der Waals surface area contributed by atoms with E-state index in [1.807, 2.05) is 41.5 Å². The van der Waals surface area contributed by atoms with Crippen LogP contribution in [0, 0.1) is 22.7 Å². The van der Waals surface area contributed by atoms with Crippen LogP contribution in [0.15, 0.2) is 42.1 Å². The molecular weight excluding hydrogens is 660 g/mol. The Kier molecular flexibility index (Phi) is 11.9. The zero-order valence-corrected chi connectivity index (χ0v) is 31.0. The minimum atomic E-state index is -3.84. The first-order chi connectivity index (χ1) is 23.4. The number of nitrogens with one attached hydrogen (secondary N) is 4. The van der Waals surface area contributed by atoms with Crippen molar-refractivity contribution in [2.45, 2.75) is 115 Å². The van der Waals surface area contributed by atoms with Crippen LogP contribution in [0.5, 0.6) is 0 Å². The summed E-state index contributed by atoms with van der Waals surface area (Å²) in [6, 6.07) is 0.974. The highest BCUT2D eigenvalue weighted by atomic mass is 32.2. The summed E-state index contributed by atoms with van der Waals surface area (Å²) in [7, 11) is -3.84. The van der Waals surface area contributed by atoms with Gasteiger partial charge in [0.15, 0.2) is 14.9 Å². The molecule has 3 fully saturated rings. The predicted octanol–water partition coefficient (Wildman–Crippen LogP) is 2.91. The van der Waals surface area contributed by atoms with E-state index >= 15 is 0 Å². The lowest BCUT2D eigenvalue weighted by Gasteiger charge is -2.40. The largest absolute Gasteiger partial charge is 0.346 e. The number of aromatic nitrogens is 1. The molecule has 1 aliphatic heterocycles. The molecule has 4 rings (SSSR count). The maximum atomic E-state index is 14.4. The first-order valence-electron chi connectivity index (χ1n) is 17.6. The van der Waals surface area contributed by atoms with Crippen molar-refractivity contribution >= 4 is 39.4 Å². The molecule has 5 amide bonds. The van der Waals surface area contributed by atoms with Crippen LogP contribution in [0.4, 0.5) is 4.79 Å². The van der Waals surface area contributed by atoms with Gasteiger partial charge in [0.25, 0.3) is 5.91 Å². The summed E-state index contributed by atoms with van der Waals surface area (Å²) in [5.41, 5.74) is -2.06. The predicted molar refractivity (Wildman–Crippen MR) is 188 cm³/mol. The second kappa shape index (κ2) is 15.2. The number of pyridine rings is 1. The molecule has 13 nitrogen and oxygen atoms in total. The summed E-state index contributed by atoms with van der Waals surface area (Å²) in [5.74, 6) is -3.01. The van der Waals surface area contributed by atoms with Crippen molar-refractivity contribution in [3.8, 4) is 0 Å². The van der Waals surface area contributed by atoms with Crippen molar-refractivity contribution in [2.75, 3.05) is 18.8 Å². The molecule has 1 saturated heterocycles. The highest BCUT2D eigenvalue weighted by Crippen LogP contribution is 2.65. The van der Waals surface area contributed by atoms with Crippen LogP contribution in [0.2, 0.25) is 0 Å². The Labute approximate surface area is 296 Å². The zero-order valence-electron chi connectivity index (χ0n) is 30.2. The van der Waals surface area contributed by atoms with Gasteiger partial charge >= 0.3 is 6.03 Å². The SMILES string of the molecule is C=CCNC(=O)C(=O)C(CCC)NC(=O)[C@@H]1[C@@H]2[C@H](CN1C(=O)[C@@H](NC(=O)NC1(CS(=O)(=O)c3ccccn3)CCCCC1)C(C)(C)C)C2(C)C. The molecule has 2 saturated carbocycles. The Morgan fingerprint density at radius 3 is 2.34 bits per heavy atom. The van der Waals surface area contributed by atoms with Crippen LogP contribution in [0.1, 0.15) is 86.5 Å². The Hall–Kier alpha value is -3.81. The lowest BCUT2D eigenvalue weighted by molar-refractivity contribution is -0.145. The molecule has 5 atom stereocenters. The van der Waals surface area contributed by atoms with E-state index in [1.165, 1.54) is 23.2 Å². The highest BCUT2D eigenvalue weighted by Gasteiger charge is 2.70. The Balaban J connectivity index is 1.55. The number of urea groups is 1. The number of hydrogen-bond acceptors (Lipinski definition) is 8. The van der Waals surface area contributed by atoms with Gasteiger partial charge in [0.1, 0.15) is 12.1 Å². The number of carbonyl (C=O) groups is 5. The molecule has 0 spiro atoms. The number of nitrogens with zero attached hydrogens (tertiary/aromatic N) is 2. The van der Waals surface area contributed by atoms with E-state index in [2.05, 4.69) is 32.8 Å². The second-order valence-corrected chi connectivity index (χ2v) is 17.7. The molecule has 0 radical (unpaired) electrons. The molecule has 1 aromatic rings. The van der Waals surface area contributed by atoms with Crippen molar-refractivity contribution in [3.05, 3.63) is 37.1 Å². The number of ketones is 1. The topological polar surface area (TPSA) is 184 Å².